The lowest BCUT2D eigenvalue weighted by Crippen LogP contribution is -2.44. The summed E-state index contributed by atoms with van der Waals surface area (Å²) in [5.74, 6) is -1.65. The zero-order valence-corrected chi connectivity index (χ0v) is 17.5. The van der Waals surface area contributed by atoms with Crippen LogP contribution in [0.1, 0.15) is 31.2 Å². The minimum atomic E-state index is -4.99. The number of thiophene rings is 1. The number of nitrogens with zero attached hydrogens (tertiary/aromatic N) is 3. The predicted molar refractivity (Wildman–Crippen MR) is 110 cm³/mol. The molecular weight excluding hydrogens is 445 g/mol. The minimum absolute atomic E-state index is 0.00197. The molecule has 0 saturated heterocycles. The summed E-state index contributed by atoms with van der Waals surface area (Å²) < 4.78 is 39.3. The molecule has 0 fully saturated rings. The Kier molecular flexibility index (Phi) is 6.02. The maximum absolute atomic E-state index is 12.6. The van der Waals surface area contributed by atoms with E-state index in [0.29, 0.717) is 12.1 Å². The Labute approximate surface area is 185 Å². The minimum Gasteiger partial charge on any atom is -0.376 e. The number of aliphatic hydroxyl groups excluding tert-OH is 1. The molecule has 1 aliphatic heterocycles. The first-order valence-electron chi connectivity index (χ1n) is 9.69. The van der Waals surface area contributed by atoms with Crippen LogP contribution in [0.15, 0.2) is 48.8 Å². The van der Waals surface area contributed by atoms with Crippen LogP contribution in [0.25, 0.3) is 0 Å². The molecule has 3 aromatic rings. The van der Waals surface area contributed by atoms with Crippen molar-refractivity contribution >= 4 is 23.2 Å². The summed E-state index contributed by atoms with van der Waals surface area (Å²) in [6.07, 6.45) is -4.86. The largest absolute Gasteiger partial charge is 0.423 e. The number of benzene rings is 1. The number of carbonyl (C=O) groups excluding carboxylic acids is 2. The molecule has 32 heavy (non-hydrogen) atoms. The topological polar surface area (TPSA) is 87.5 Å². The molecular formula is C21H19F3N4O3S. The van der Waals surface area contributed by atoms with Gasteiger partial charge in [-0.05, 0) is 17.2 Å². The van der Waals surface area contributed by atoms with Gasteiger partial charge in [-0.25, -0.2) is 0 Å². The Morgan fingerprint density at radius 1 is 1.22 bits per heavy atom. The van der Waals surface area contributed by atoms with Crippen molar-refractivity contribution in [3.8, 4) is 0 Å². The Bertz CT molecular complexity index is 1100. The van der Waals surface area contributed by atoms with E-state index >= 15 is 0 Å². The van der Waals surface area contributed by atoms with Gasteiger partial charge in [0.15, 0.2) is 0 Å². The number of nitrogens with one attached hydrogen (secondary N) is 1. The molecule has 2 amide bonds. The lowest BCUT2D eigenvalue weighted by atomic mass is 10.2. The maximum atomic E-state index is 12.6. The highest BCUT2D eigenvalue weighted by molar-refractivity contribution is 7.12. The summed E-state index contributed by atoms with van der Waals surface area (Å²) in [5, 5.41) is 16.2. The van der Waals surface area contributed by atoms with Crippen molar-refractivity contribution in [2.75, 3.05) is 0 Å². The van der Waals surface area contributed by atoms with Gasteiger partial charge < -0.3 is 15.3 Å². The van der Waals surface area contributed by atoms with Crippen LogP contribution in [0.2, 0.25) is 0 Å². The Balaban J connectivity index is 1.30. The molecule has 3 heterocycles. The summed E-state index contributed by atoms with van der Waals surface area (Å²) in [7, 11) is 0. The monoisotopic (exact) mass is 464 g/mol. The van der Waals surface area contributed by atoms with Crippen LogP contribution in [0, 0.1) is 0 Å². The van der Waals surface area contributed by atoms with E-state index in [0.717, 1.165) is 25.8 Å². The molecule has 2 aromatic heterocycles. The molecule has 4 rings (SSSR count). The molecule has 7 nitrogen and oxygen atoms in total. The van der Waals surface area contributed by atoms with Crippen LogP contribution in [-0.2, 0) is 31.0 Å². The number of alkyl halides is 3. The van der Waals surface area contributed by atoms with E-state index in [1.54, 1.807) is 16.9 Å². The van der Waals surface area contributed by atoms with Gasteiger partial charge in [0, 0.05) is 22.5 Å². The summed E-state index contributed by atoms with van der Waals surface area (Å²) in [4.78, 5) is 26.8. The zero-order valence-electron chi connectivity index (χ0n) is 16.7. The third-order valence-corrected chi connectivity index (χ3v) is 6.17. The van der Waals surface area contributed by atoms with E-state index in [1.165, 1.54) is 17.5 Å². The fraction of sp³-hybridized carbons (Fsp3) is 0.286. The number of amides is 2. The first-order chi connectivity index (χ1) is 15.2. The van der Waals surface area contributed by atoms with Gasteiger partial charge in [0.05, 0.1) is 31.4 Å². The number of hydrogen-bond donors (Lipinski definition) is 2. The van der Waals surface area contributed by atoms with Gasteiger partial charge in [0.1, 0.15) is 0 Å². The zero-order chi connectivity index (χ0) is 22.9. The first kappa shape index (κ1) is 22.0. The lowest BCUT2D eigenvalue weighted by molar-refractivity contribution is -0.211. The van der Waals surface area contributed by atoms with E-state index in [2.05, 4.69) is 10.4 Å². The Morgan fingerprint density at radius 2 is 1.97 bits per heavy atom. The lowest BCUT2D eigenvalue weighted by Gasteiger charge is -2.21. The number of rotatable bonds is 6. The van der Waals surface area contributed by atoms with Crippen molar-refractivity contribution in [1.82, 2.24) is 20.0 Å². The molecule has 11 heteroatoms. The highest BCUT2D eigenvalue weighted by Gasteiger charge is 2.46. The number of aromatic nitrogens is 2. The molecule has 0 spiro atoms. The highest BCUT2D eigenvalue weighted by atomic mass is 32.1. The summed E-state index contributed by atoms with van der Waals surface area (Å²) in [6, 6.07) is 11.5. The van der Waals surface area contributed by atoms with Crippen molar-refractivity contribution in [3.63, 3.8) is 0 Å². The average molecular weight is 464 g/mol. The van der Waals surface area contributed by atoms with Crippen LogP contribution in [-0.4, -0.2) is 43.9 Å². The van der Waals surface area contributed by atoms with Gasteiger partial charge in [-0.2, -0.15) is 18.3 Å². The van der Waals surface area contributed by atoms with Crippen molar-refractivity contribution in [3.05, 3.63) is 75.2 Å². The van der Waals surface area contributed by atoms with E-state index in [1.807, 2.05) is 30.3 Å². The first-order valence-corrected chi connectivity index (χ1v) is 10.5. The van der Waals surface area contributed by atoms with Crippen molar-refractivity contribution < 1.29 is 27.9 Å². The molecule has 0 bridgehead atoms. The van der Waals surface area contributed by atoms with E-state index in [9.17, 15) is 22.8 Å². The van der Waals surface area contributed by atoms with Gasteiger partial charge in [-0.15, -0.1) is 11.3 Å². The second-order valence-electron chi connectivity index (χ2n) is 7.39. The molecule has 1 aliphatic rings. The van der Waals surface area contributed by atoms with Crippen molar-refractivity contribution in [1.29, 1.82) is 0 Å². The summed E-state index contributed by atoms with van der Waals surface area (Å²) in [6.45, 7) is 0.799. The number of fused-ring (bicyclic) bond motifs is 1. The summed E-state index contributed by atoms with van der Waals surface area (Å²) >= 11 is 1.31. The predicted octanol–water partition coefficient (Wildman–Crippen LogP) is 2.69. The van der Waals surface area contributed by atoms with Crippen LogP contribution in [0.4, 0.5) is 13.2 Å². The third-order valence-electron chi connectivity index (χ3n) is 5.00. The van der Waals surface area contributed by atoms with Crippen LogP contribution in [0.3, 0.4) is 0 Å². The van der Waals surface area contributed by atoms with Gasteiger partial charge in [-0.3, -0.25) is 14.3 Å². The van der Waals surface area contributed by atoms with Gasteiger partial charge in [0.25, 0.3) is 11.8 Å². The molecule has 0 aliphatic carbocycles. The number of halogens is 3. The van der Waals surface area contributed by atoms with Crippen molar-refractivity contribution in [2.45, 2.75) is 38.5 Å². The van der Waals surface area contributed by atoms with Crippen LogP contribution < -0.4 is 5.32 Å². The van der Waals surface area contributed by atoms with Gasteiger partial charge in [0.2, 0.25) is 6.10 Å². The standard InChI is InChI=1S/C21H19F3N4O3S/c22-21(23,24)18(29)20(31)27-10-14-6-16(32-17(14)12-27)8-25-19(30)15-7-26-28(11-15)9-13-4-2-1-3-5-13/h1-7,11,18,29H,8-10,12H2,(H,25,30)/t18-/m0/s1. The SMILES string of the molecule is O=C(NCc1cc2c(s1)CN(C(=O)[C@H](O)C(F)(F)F)C2)c1cnn(Cc2ccccc2)c1. The normalized spacial score (nSPS) is 14.3. The Morgan fingerprint density at radius 3 is 2.66 bits per heavy atom. The molecule has 0 radical (unpaired) electrons. The summed E-state index contributed by atoms with van der Waals surface area (Å²) in [5.41, 5.74) is 2.20. The molecule has 1 aromatic carbocycles. The number of carbonyl (C=O) groups is 2. The van der Waals surface area contributed by atoms with E-state index < -0.39 is 18.2 Å². The van der Waals surface area contributed by atoms with E-state index in [4.69, 9.17) is 5.11 Å². The molecule has 2 N–H and O–H groups in total. The maximum Gasteiger partial charge on any atom is 0.423 e. The Hall–Kier alpha value is -3.18. The molecule has 168 valence electrons. The van der Waals surface area contributed by atoms with Gasteiger partial charge in [-0.1, -0.05) is 30.3 Å². The fourth-order valence-electron chi connectivity index (χ4n) is 3.39. The van der Waals surface area contributed by atoms with E-state index in [-0.39, 0.29) is 25.5 Å². The number of aliphatic hydroxyl groups is 1. The third kappa shape index (κ3) is 4.83. The smallest absolute Gasteiger partial charge is 0.376 e. The average Bonchev–Trinajstić information content (AvgIpc) is 3.46. The highest BCUT2D eigenvalue weighted by Crippen LogP contribution is 2.33. The second kappa shape index (κ2) is 8.75. The quantitative estimate of drug-likeness (QED) is 0.587. The van der Waals surface area contributed by atoms with Gasteiger partial charge >= 0.3 is 6.18 Å². The molecule has 0 unspecified atom stereocenters. The second-order valence-corrected chi connectivity index (χ2v) is 8.62. The molecule has 1 atom stereocenters. The van der Waals surface area contributed by atoms with Crippen LogP contribution in [0.5, 0.6) is 0 Å². The van der Waals surface area contributed by atoms with Crippen LogP contribution >= 0.6 is 11.3 Å². The number of hydrogen-bond acceptors (Lipinski definition) is 5. The van der Waals surface area contributed by atoms with Crippen molar-refractivity contribution in [2.24, 2.45) is 0 Å². The fourth-order valence-corrected chi connectivity index (χ4v) is 4.53. The molecule has 0 saturated carbocycles.